The Morgan fingerprint density at radius 2 is 1.90 bits per heavy atom. The predicted molar refractivity (Wildman–Crippen MR) is 97.9 cm³/mol. The fraction of sp³-hybridized carbons (Fsp3) is 0.474. The van der Waals surface area contributed by atoms with Crippen LogP contribution in [0.4, 0.5) is 13.2 Å². The van der Waals surface area contributed by atoms with Gasteiger partial charge in [0.25, 0.3) is 0 Å². The van der Waals surface area contributed by atoms with Gasteiger partial charge in [-0.25, -0.2) is 0 Å². The highest BCUT2D eigenvalue weighted by Crippen LogP contribution is 2.26. The first-order valence-corrected chi connectivity index (χ1v) is 9.26. The minimum atomic E-state index is -4.77. The topological polar surface area (TPSA) is 70.8 Å². The van der Waals surface area contributed by atoms with Crippen LogP contribution in [-0.2, 0) is 17.9 Å². The third-order valence-corrected chi connectivity index (χ3v) is 4.56. The zero-order valence-electron chi connectivity index (χ0n) is 16.0. The standard InChI is InChI=1S/C19H23F3N4O3/c1-14-10-16(29-24-14)12-25-6-8-26(9-7-25)13-18(27)23-11-15-4-2-3-5-17(15)28-19(20,21)22/h2-5,10H,6-9,11-13H2,1H3,(H,23,27). The Morgan fingerprint density at radius 1 is 1.21 bits per heavy atom. The minimum Gasteiger partial charge on any atom is -0.405 e. The van der Waals surface area contributed by atoms with Crippen molar-refractivity contribution in [3.63, 3.8) is 0 Å². The summed E-state index contributed by atoms with van der Waals surface area (Å²) in [6.07, 6.45) is -4.77. The summed E-state index contributed by atoms with van der Waals surface area (Å²) in [5.41, 5.74) is 1.11. The number of rotatable bonds is 7. The Labute approximate surface area is 166 Å². The maximum Gasteiger partial charge on any atom is 0.573 e. The SMILES string of the molecule is Cc1cc(CN2CCN(CC(=O)NCc3ccccc3OC(F)(F)F)CC2)on1. The first-order valence-electron chi connectivity index (χ1n) is 9.26. The lowest BCUT2D eigenvalue weighted by atomic mass is 10.2. The van der Waals surface area contributed by atoms with E-state index in [2.05, 4.69) is 20.1 Å². The molecular weight excluding hydrogens is 389 g/mol. The van der Waals surface area contributed by atoms with E-state index < -0.39 is 6.36 Å². The van der Waals surface area contributed by atoms with E-state index in [1.165, 1.54) is 18.2 Å². The zero-order chi connectivity index (χ0) is 20.9. The van der Waals surface area contributed by atoms with Crippen LogP contribution in [0.25, 0.3) is 0 Å². The van der Waals surface area contributed by atoms with Gasteiger partial charge < -0.3 is 14.6 Å². The third-order valence-electron chi connectivity index (χ3n) is 4.56. The average molecular weight is 412 g/mol. The molecule has 0 aliphatic carbocycles. The summed E-state index contributed by atoms with van der Waals surface area (Å²) in [5, 5.41) is 6.53. The zero-order valence-corrected chi connectivity index (χ0v) is 16.0. The number of amides is 1. The van der Waals surface area contributed by atoms with Crippen LogP contribution in [0.3, 0.4) is 0 Å². The summed E-state index contributed by atoms with van der Waals surface area (Å²) in [5.74, 6) is 0.260. The number of alkyl halides is 3. The highest BCUT2D eigenvalue weighted by molar-refractivity contribution is 5.78. The van der Waals surface area contributed by atoms with E-state index >= 15 is 0 Å². The van der Waals surface area contributed by atoms with Gasteiger partial charge in [0.1, 0.15) is 5.75 Å². The number of nitrogens with one attached hydrogen (secondary N) is 1. The summed E-state index contributed by atoms with van der Waals surface area (Å²) in [7, 11) is 0. The minimum absolute atomic E-state index is 0.0318. The van der Waals surface area contributed by atoms with Crippen molar-refractivity contribution >= 4 is 5.91 Å². The number of aryl methyl sites for hydroxylation is 1. The predicted octanol–water partition coefficient (Wildman–Crippen LogP) is 2.32. The van der Waals surface area contributed by atoms with Gasteiger partial charge in [0, 0.05) is 44.4 Å². The summed E-state index contributed by atoms with van der Waals surface area (Å²) in [6.45, 7) is 5.72. The van der Waals surface area contributed by atoms with Crippen molar-refractivity contribution in [1.29, 1.82) is 0 Å². The number of carbonyl (C=O) groups excluding carboxylic acids is 1. The molecule has 1 N–H and O–H groups in total. The molecule has 1 aliphatic rings. The molecule has 1 aromatic carbocycles. The smallest absolute Gasteiger partial charge is 0.405 e. The number of aromatic nitrogens is 1. The summed E-state index contributed by atoms with van der Waals surface area (Å²) in [4.78, 5) is 16.4. The average Bonchev–Trinajstić information content (AvgIpc) is 3.06. The van der Waals surface area contributed by atoms with Crippen LogP contribution in [-0.4, -0.2) is 59.9 Å². The molecule has 0 spiro atoms. The Bertz CT molecular complexity index is 817. The Hall–Kier alpha value is -2.59. The summed E-state index contributed by atoms with van der Waals surface area (Å²) >= 11 is 0. The first kappa shape index (κ1) is 21.1. The molecule has 29 heavy (non-hydrogen) atoms. The van der Waals surface area contributed by atoms with Crippen molar-refractivity contribution in [2.24, 2.45) is 0 Å². The van der Waals surface area contributed by atoms with Crippen LogP contribution in [0.1, 0.15) is 17.0 Å². The molecule has 0 radical (unpaired) electrons. The van der Waals surface area contributed by atoms with E-state index in [0.29, 0.717) is 19.6 Å². The normalized spacial score (nSPS) is 16.0. The van der Waals surface area contributed by atoms with Gasteiger partial charge in [0.2, 0.25) is 5.91 Å². The third kappa shape index (κ3) is 6.75. The first-order chi connectivity index (χ1) is 13.8. The molecule has 2 heterocycles. The summed E-state index contributed by atoms with van der Waals surface area (Å²) < 4.78 is 46.6. The van der Waals surface area contributed by atoms with E-state index in [4.69, 9.17) is 4.52 Å². The Balaban J connectivity index is 1.42. The maximum atomic E-state index is 12.5. The molecule has 0 saturated carbocycles. The van der Waals surface area contributed by atoms with Crippen molar-refractivity contribution in [3.8, 4) is 5.75 Å². The van der Waals surface area contributed by atoms with Gasteiger partial charge >= 0.3 is 6.36 Å². The number of carbonyl (C=O) groups is 1. The molecule has 3 rings (SSSR count). The largest absolute Gasteiger partial charge is 0.573 e. The number of nitrogens with zero attached hydrogens (tertiary/aromatic N) is 3. The lowest BCUT2D eigenvalue weighted by molar-refractivity contribution is -0.274. The number of hydrogen-bond acceptors (Lipinski definition) is 6. The van der Waals surface area contributed by atoms with Gasteiger partial charge in [-0.15, -0.1) is 13.2 Å². The van der Waals surface area contributed by atoms with Gasteiger partial charge in [0.05, 0.1) is 18.8 Å². The number of para-hydroxylation sites is 1. The molecule has 0 atom stereocenters. The van der Waals surface area contributed by atoms with Gasteiger partial charge in [-0.3, -0.25) is 14.6 Å². The van der Waals surface area contributed by atoms with E-state index in [9.17, 15) is 18.0 Å². The molecule has 0 bridgehead atoms. The highest BCUT2D eigenvalue weighted by atomic mass is 19.4. The number of hydrogen-bond donors (Lipinski definition) is 1. The number of benzene rings is 1. The fourth-order valence-electron chi connectivity index (χ4n) is 3.14. The van der Waals surface area contributed by atoms with E-state index in [0.717, 1.165) is 24.5 Å². The van der Waals surface area contributed by atoms with Crippen molar-refractivity contribution in [2.45, 2.75) is 26.4 Å². The molecule has 1 fully saturated rings. The van der Waals surface area contributed by atoms with Gasteiger partial charge in [-0.05, 0) is 13.0 Å². The highest BCUT2D eigenvalue weighted by Gasteiger charge is 2.32. The number of ether oxygens (including phenoxy) is 1. The molecule has 10 heteroatoms. The van der Waals surface area contributed by atoms with Crippen LogP contribution >= 0.6 is 0 Å². The molecule has 1 aromatic heterocycles. The molecule has 1 saturated heterocycles. The lowest BCUT2D eigenvalue weighted by Crippen LogP contribution is -2.49. The Morgan fingerprint density at radius 3 is 2.55 bits per heavy atom. The lowest BCUT2D eigenvalue weighted by Gasteiger charge is -2.33. The monoisotopic (exact) mass is 412 g/mol. The van der Waals surface area contributed by atoms with Crippen molar-refractivity contribution in [1.82, 2.24) is 20.3 Å². The molecule has 1 aliphatic heterocycles. The van der Waals surface area contributed by atoms with Crippen LogP contribution in [0.15, 0.2) is 34.9 Å². The fourth-order valence-corrected chi connectivity index (χ4v) is 3.14. The second kappa shape index (κ2) is 9.27. The summed E-state index contributed by atoms with van der Waals surface area (Å²) in [6, 6.07) is 7.67. The van der Waals surface area contributed by atoms with E-state index in [1.54, 1.807) is 6.07 Å². The second-order valence-electron chi connectivity index (χ2n) is 6.92. The van der Waals surface area contributed by atoms with Crippen molar-refractivity contribution < 1.29 is 27.2 Å². The number of piperazine rings is 1. The number of halogens is 3. The maximum absolute atomic E-state index is 12.5. The molecular formula is C19H23F3N4O3. The van der Waals surface area contributed by atoms with Crippen LogP contribution in [0.2, 0.25) is 0 Å². The molecule has 7 nitrogen and oxygen atoms in total. The molecule has 0 unspecified atom stereocenters. The van der Waals surface area contributed by atoms with Crippen molar-refractivity contribution in [2.75, 3.05) is 32.7 Å². The Kier molecular flexibility index (Phi) is 6.75. The molecule has 158 valence electrons. The van der Waals surface area contributed by atoms with E-state index in [-0.39, 0.29) is 30.3 Å². The van der Waals surface area contributed by atoms with Crippen LogP contribution in [0.5, 0.6) is 5.75 Å². The van der Waals surface area contributed by atoms with Gasteiger partial charge in [-0.1, -0.05) is 23.4 Å². The second-order valence-corrected chi connectivity index (χ2v) is 6.92. The van der Waals surface area contributed by atoms with Crippen LogP contribution < -0.4 is 10.1 Å². The quantitative estimate of drug-likeness (QED) is 0.753. The molecule has 1 amide bonds. The van der Waals surface area contributed by atoms with Gasteiger partial charge in [-0.2, -0.15) is 0 Å². The van der Waals surface area contributed by atoms with E-state index in [1.807, 2.05) is 17.9 Å². The van der Waals surface area contributed by atoms with Crippen molar-refractivity contribution in [3.05, 3.63) is 47.3 Å². The van der Waals surface area contributed by atoms with Gasteiger partial charge in [0.15, 0.2) is 5.76 Å². The molecule has 2 aromatic rings. The van der Waals surface area contributed by atoms with Crippen LogP contribution in [0, 0.1) is 6.92 Å².